The van der Waals surface area contributed by atoms with Crippen molar-refractivity contribution in [1.29, 1.82) is 0 Å². The van der Waals surface area contributed by atoms with E-state index in [0.29, 0.717) is 18.3 Å². The lowest BCUT2D eigenvalue weighted by molar-refractivity contribution is -0.0372. The first-order chi connectivity index (χ1) is 8.16. The summed E-state index contributed by atoms with van der Waals surface area (Å²) in [5.41, 5.74) is -0.579. The summed E-state index contributed by atoms with van der Waals surface area (Å²) < 4.78 is 0. The zero-order chi connectivity index (χ0) is 14.6. The molecule has 0 radical (unpaired) electrons. The highest BCUT2D eigenvalue weighted by molar-refractivity contribution is 4.90. The van der Waals surface area contributed by atoms with Crippen LogP contribution >= 0.6 is 0 Å². The molecule has 4 unspecified atom stereocenters. The highest BCUT2D eigenvalue weighted by Gasteiger charge is 2.41. The first-order valence-corrected chi connectivity index (χ1v) is 6.99. The molecule has 0 spiro atoms. The maximum atomic E-state index is 9.77. The van der Waals surface area contributed by atoms with Crippen molar-refractivity contribution in [1.82, 2.24) is 0 Å². The summed E-state index contributed by atoms with van der Waals surface area (Å²) >= 11 is 0. The minimum atomic E-state index is -0.352. The van der Waals surface area contributed by atoms with Crippen LogP contribution in [0.3, 0.4) is 0 Å². The molecule has 0 aromatic heterocycles. The molecule has 0 aromatic carbocycles. The minimum Gasteiger partial charge on any atom is -0.396 e. The van der Waals surface area contributed by atoms with E-state index in [1.165, 1.54) is 0 Å². The normalized spacial score (nSPS) is 22.3. The second-order valence-corrected chi connectivity index (χ2v) is 6.92. The first kappa shape index (κ1) is 17.9. The van der Waals surface area contributed by atoms with Gasteiger partial charge in [-0.05, 0) is 35.0 Å². The van der Waals surface area contributed by atoms with Crippen LogP contribution in [-0.4, -0.2) is 35.1 Å². The minimum absolute atomic E-state index is 0.0211. The monoisotopic (exact) mass is 260 g/mol. The van der Waals surface area contributed by atoms with Gasteiger partial charge in [0.25, 0.3) is 0 Å². The average molecular weight is 260 g/mol. The molecule has 0 saturated carbocycles. The van der Waals surface area contributed by atoms with E-state index in [2.05, 4.69) is 27.7 Å². The van der Waals surface area contributed by atoms with Crippen molar-refractivity contribution < 1.29 is 15.3 Å². The Morgan fingerprint density at radius 1 is 0.833 bits per heavy atom. The molecule has 3 nitrogen and oxygen atoms in total. The van der Waals surface area contributed by atoms with Crippen molar-refractivity contribution in [2.24, 2.45) is 28.6 Å². The van der Waals surface area contributed by atoms with E-state index < -0.39 is 0 Å². The van der Waals surface area contributed by atoms with Crippen molar-refractivity contribution in [3.63, 3.8) is 0 Å². The first-order valence-electron chi connectivity index (χ1n) is 6.99. The van der Waals surface area contributed by atoms with Crippen LogP contribution in [-0.2, 0) is 0 Å². The van der Waals surface area contributed by atoms with Gasteiger partial charge >= 0.3 is 0 Å². The summed E-state index contributed by atoms with van der Waals surface area (Å²) in [7, 11) is 0. The maximum Gasteiger partial charge on any atom is 0.0488 e. The third kappa shape index (κ3) is 3.94. The Morgan fingerprint density at radius 3 is 1.56 bits per heavy atom. The molecule has 4 atom stereocenters. The molecule has 110 valence electrons. The van der Waals surface area contributed by atoms with E-state index in [1.54, 1.807) is 0 Å². The van der Waals surface area contributed by atoms with Crippen LogP contribution in [0.2, 0.25) is 0 Å². The van der Waals surface area contributed by atoms with Crippen LogP contribution in [0.15, 0.2) is 0 Å². The standard InChI is InChI=1S/C15H32O3/c1-11(2)13(4)15(6,10-18)8-14(5,9-17)12(3)7-16/h11-13,16-18H,7-10H2,1-6H3. The maximum absolute atomic E-state index is 9.77. The number of aliphatic hydroxyl groups is 3. The van der Waals surface area contributed by atoms with E-state index in [9.17, 15) is 15.3 Å². The lowest BCUT2D eigenvalue weighted by Gasteiger charge is -2.45. The van der Waals surface area contributed by atoms with Gasteiger partial charge in [0.1, 0.15) is 0 Å². The summed E-state index contributed by atoms with van der Waals surface area (Å²) in [5, 5.41) is 28.8. The summed E-state index contributed by atoms with van der Waals surface area (Å²) in [6.45, 7) is 12.7. The average Bonchev–Trinajstić information content (AvgIpc) is 2.36. The Hall–Kier alpha value is -0.120. The second kappa shape index (κ2) is 6.88. The van der Waals surface area contributed by atoms with Crippen LogP contribution in [0.25, 0.3) is 0 Å². The molecule has 0 fully saturated rings. The zero-order valence-electron chi connectivity index (χ0n) is 12.9. The summed E-state index contributed by atoms with van der Waals surface area (Å²) in [6.07, 6.45) is 0.716. The Labute approximate surface area is 112 Å². The predicted octanol–water partition coefficient (Wildman–Crippen LogP) is 2.29. The highest BCUT2D eigenvalue weighted by atomic mass is 16.3. The van der Waals surface area contributed by atoms with Crippen LogP contribution < -0.4 is 0 Å². The van der Waals surface area contributed by atoms with Gasteiger partial charge in [0.05, 0.1) is 0 Å². The van der Waals surface area contributed by atoms with Crippen molar-refractivity contribution in [2.45, 2.75) is 48.0 Å². The molecule has 0 aliphatic heterocycles. The van der Waals surface area contributed by atoms with E-state index in [4.69, 9.17) is 0 Å². The van der Waals surface area contributed by atoms with Gasteiger partial charge in [0, 0.05) is 19.8 Å². The third-order valence-corrected chi connectivity index (χ3v) is 5.09. The van der Waals surface area contributed by atoms with E-state index in [1.807, 2.05) is 13.8 Å². The lowest BCUT2D eigenvalue weighted by atomic mass is 9.61. The van der Waals surface area contributed by atoms with E-state index in [0.717, 1.165) is 0 Å². The summed E-state index contributed by atoms with van der Waals surface area (Å²) in [4.78, 5) is 0. The van der Waals surface area contributed by atoms with Crippen molar-refractivity contribution in [2.75, 3.05) is 19.8 Å². The molecule has 0 bridgehead atoms. The zero-order valence-corrected chi connectivity index (χ0v) is 12.9. The van der Waals surface area contributed by atoms with Gasteiger partial charge in [-0.1, -0.05) is 41.5 Å². The van der Waals surface area contributed by atoms with E-state index >= 15 is 0 Å². The lowest BCUT2D eigenvalue weighted by Crippen LogP contribution is -2.43. The van der Waals surface area contributed by atoms with Gasteiger partial charge < -0.3 is 15.3 Å². The van der Waals surface area contributed by atoms with Crippen LogP contribution in [0.4, 0.5) is 0 Å². The topological polar surface area (TPSA) is 60.7 Å². The molecular formula is C15H32O3. The molecule has 0 rings (SSSR count). The molecule has 0 amide bonds. The number of hydrogen-bond donors (Lipinski definition) is 3. The summed E-state index contributed by atoms with van der Waals surface area (Å²) in [6, 6.07) is 0. The Kier molecular flexibility index (Phi) is 6.83. The number of aliphatic hydroxyl groups excluding tert-OH is 3. The molecule has 0 aromatic rings. The molecule has 0 heterocycles. The Bertz CT molecular complexity index is 242. The van der Waals surface area contributed by atoms with E-state index in [-0.39, 0.29) is 36.6 Å². The van der Waals surface area contributed by atoms with Crippen LogP contribution in [0.5, 0.6) is 0 Å². The molecule has 0 saturated heterocycles. The third-order valence-electron chi connectivity index (χ3n) is 5.09. The molecule has 3 heteroatoms. The Morgan fingerprint density at radius 2 is 1.28 bits per heavy atom. The highest BCUT2D eigenvalue weighted by Crippen LogP contribution is 2.45. The largest absolute Gasteiger partial charge is 0.396 e. The molecule has 18 heavy (non-hydrogen) atoms. The summed E-state index contributed by atoms with van der Waals surface area (Å²) in [5.74, 6) is 0.863. The van der Waals surface area contributed by atoms with Gasteiger partial charge in [-0.15, -0.1) is 0 Å². The SMILES string of the molecule is CC(C)C(C)C(C)(CO)CC(C)(CO)C(C)CO. The van der Waals surface area contributed by atoms with Gasteiger partial charge in [0.2, 0.25) is 0 Å². The van der Waals surface area contributed by atoms with Crippen molar-refractivity contribution in [3.05, 3.63) is 0 Å². The van der Waals surface area contributed by atoms with Gasteiger partial charge in [-0.2, -0.15) is 0 Å². The van der Waals surface area contributed by atoms with Gasteiger partial charge in [-0.25, -0.2) is 0 Å². The molecule has 0 aliphatic carbocycles. The number of rotatable bonds is 8. The van der Waals surface area contributed by atoms with Gasteiger partial charge in [0.15, 0.2) is 0 Å². The quantitative estimate of drug-likeness (QED) is 0.627. The van der Waals surface area contributed by atoms with Crippen LogP contribution in [0, 0.1) is 28.6 Å². The van der Waals surface area contributed by atoms with Crippen LogP contribution in [0.1, 0.15) is 48.0 Å². The van der Waals surface area contributed by atoms with Gasteiger partial charge in [-0.3, -0.25) is 0 Å². The molecule has 3 N–H and O–H groups in total. The Balaban J connectivity index is 5.09. The molecule has 0 aliphatic rings. The number of hydrogen-bond acceptors (Lipinski definition) is 3. The fourth-order valence-corrected chi connectivity index (χ4v) is 2.69. The second-order valence-electron chi connectivity index (χ2n) is 6.92. The fraction of sp³-hybridized carbons (Fsp3) is 1.00. The van der Waals surface area contributed by atoms with Crippen molar-refractivity contribution in [3.8, 4) is 0 Å². The van der Waals surface area contributed by atoms with Crippen molar-refractivity contribution >= 4 is 0 Å². The fourth-order valence-electron chi connectivity index (χ4n) is 2.69. The smallest absolute Gasteiger partial charge is 0.0488 e. The molecular weight excluding hydrogens is 228 g/mol. The predicted molar refractivity (Wildman–Crippen MR) is 75.3 cm³/mol.